The van der Waals surface area contributed by atoms with E-state index in [2.05, 4.69) is 0 Å². The van der Waals surface area contributed by atoms with Crippen molar-refractivity contribution < 1.29 is 28.6 Å². The zero-order valence-electron chi connectivity index (χ0n) is 24.4. The lowest BCUT2D eigenvalue weighted by atomic mass is 9.94. The third-order valence-corrected chi connectivity index (χ3v) is 7.33. The maximum atomic E-state index is 13.5. The molecule has 0 saturated carbocycles. The van der Waals surface area contributed by atoms with Crippen molar-refractivity contribution in [3.05, 3.63) is 136 Å². The molecule has 4 aromatic rings. The molecular weight excluding hydrogens is 545 g/mol. The smallest absolute Gasteiger partial charge is 0.295 e. The van der Waals surface area contributed by atoms with Crippen LogP contribution in [0.2, 0.25) is 0 Å². The summed E-state index contributed by atoms with van der Waals surface area (Å²) in [5, 5.41) is 11.6. The monoisotopic (exact) mass is 579 g/mol. The number of hydrogen-bond acceptors (Lipinski definition) is 5. The number of aliphatic hydroxyl groups excluding tert-OH is 1. The number of carbonyl (C=O) groups excluding carboxylic acids is 2. The van der Waals surface area contributed by atoms with Crippen LogP contribution in [-0.4, -0.2) is 34.3 Å². The number of carbonyl (C=O) groups is 2. The van der Waals surface area contributed by atoms with Crippen molar-refractivity contribution in [1.82, 2.24) is 4.90 Å². The van der Waals surface area contributed by atoms with Gasteiger partial charge in [0.15, 0.2) is 0 Å². The summed E-state index contributed by atoms with van der Waals surface area (Å²) >= 11 is 0. The summed E-state index contributed by atoms with van der Waals surface area (Å²) in [5.41, 5.74) is 3.66. The molecule has 1 atom stereocenters. The molecule has 0 radical (unpaired) electrons. The van der Waals surface area contributed by atoms with Gasteiger partial charge in [-0.25, -0.2) is 4.39 Å². The van der Waals surface area contributed by atoms with Gasteiger partial charge in [0.25, 0.3) is 11.7 Å². The zero-order chi connectivity index (χ0) is 30.5. The van der Waals surface area contributed by atoms with Crippen LogP contribution < -0.4 is 9.47 Å². The van der Waals surface area contributed by atoms with E-state index in [1.165, 1.54) is 17.0 Å². The first kappa shape index (κ1) is 29.6. The Balaban J connectivity index is 1.50. The number of ether oxygens (including phenoxy) is 2. The third-order valence-electron chi connectivity index (χ3n) is 7.33. The number of aliphatic hydroxyl groups is 1. The van der Waals surface area contributed by atoms with E-state index in [0.717, 1.165) is 16.7 Å². The van der Waals surface area contributed by atoms with Gasteiger partial charge in [0.1, 0.15) is 29.7 Å². The van der Waals surface area contributed by atoms with E-state index in [9.17, 15) is 19.1 Å². The molecule has 1 fully saturated rings. The first-order chi connectivity index (χ1) is 20.7. The van der Waals surface area contributed by atoms with Crippen molar-refractivity contribution in [3.63, 3.8) is 0 Å². The van der Waals surface area contributed by atoms with Gasteiger partial charge in [0.05, 0.1) is 17.7 Å². The standard InChI is InChI=1S/C36H34FNO5/c1-23(2)43-30-11-7-10-27(21-30)33-32(35(40)36(41)38(33)19-18-25-12-15-29(37)16-13-25)34(39)28-14-17-31(24(3)20-28)42-22-26-8-5-4-6-9-26/h4-17,20-21,23,33,39H,18-19,22H2,1-3H3/b34-32+. The Labute approximate surface area is 251 Å². The zero-order valence-corrected chi connectivity index (χ0v) is 24.4. The number of likely N-dealkylation sites (tertiary alicyclic amines) is 1. The molecule has 220 valence electrons. The van der Waals surface area contributed by atoms with Crippen LogP contribution in [0.5, 0.6) is 11.5 Å². The molecule has 0 bridgehead atoms. The van der Waals surface area contributed by atoms with Crippen LogP contribution in [0, 0.1) is 12.7 Å². The second kappa shape index (κ2) is 12.9. The molecule has 0 aromatic heterocycles. The number of halogens is 1. The van der Waals surface area contributed by atoms with Gasteiger partial charge in [-0.1, -0.05) is 54.6 Å². The Bertz CT molecular complexity index is 1650. The Morgan fingerprint density at radius 2 is 1.65 bits per heavy atom. The highest BCUT2D eigenvalue weighted by Crippen LogP contribution is 2.41. The van der Waals surface area contributed by atoms with Gasteiger partial charge in [-0.2, -0.15) is 0 Å². The molecule has 7 heteroatoms. The second-order valence-corrected chi connectivity index (χ2v) is 10.9. The fraction of sp³-hybridized carbons (Fsp3) is 0.222. The fourth-order valence-electron chi connectivity index (χ4n) is 5.24. The minimum atomic E-state index is -0.842. The van der Waals surface area contributed by atoms with Crippen molar-refractivity contribution in [1.29, 1.82) is 0 Å². The van der Waals surface area contributed by atoms with Crippen LogP contribution in [0.1, 0.15) is 47.7 Å². The SMILES string of the molecule is Cc1cc(/C(O)=C2\C(=O)C(=O)N(CCc3ccc(F)cc3)C2c2cccc(OC(C)C)c2)ccc1OCc1ccccc1. The normalized spacial score (nSPS) is 16.1. The predicted molar refractivity (Wildman–Crippen MR) is 163 cm³/mol. The van der Waals surface area contributed by atoms with Gasteiger partial charge in [-0.3, -0.25) is 9.59 Å². The Morgan fingerprint density at radius 1 is 0.907 bits per heavy atom. The van der Waals surface area contributed by atoms with Gasteiger partial charge >= 0.3 is 0 Å². The van der Waals surface area contributed by atoms with E-state index in [4.69, 9.17) is 9.47 Å². The van der Waals surface area contributed by atoms with Crippen LogP contribution in [0.4, 0.5) is 4.39 Å². The average Bonchev–Trinajstić information content (AvgIpc) is 3.25. The van der Waals surface area contributed by atoms with Crippen molar-refractivity contribution in [2.24, 2.45) is 0 Å². The number of Topliss-reactive ketones (excluding diaryl/α,β-unsaturated/α-hetero) is 1. The minimum absolute atomic E-state index is 0.00292. The first-order valence-corrected chi connectivity index (χ1v) is 14.3. The third kappa shape index (κ3) is 6.78. The van der Waals surface area contributed by atoms with Crippen LogP contribution in [0.3, 0.4) is 0 Å². The number of aryl methyl sites for hydroxylation is 1. The molecule has 1 aliphatic heterocycles. The summed E-state index contributed by atoms with van der Waals surface area (Å²) in [6.07, 6.45) is 0.323. The molecule has 1 heterocycles. The molecule has 43 heavy (non-hydrogen) atoms. The van der Waals surface area contributed by atoms with Crippen LogP contribution in [0.15, 0.2) is 103 Å². The van der Waals surface area contributed by atoms with E-state index >= 15 is 0 Å². The fourth-order valence-corrected chi connectivity index (χ4v) is 5.24. The van der Waals surface area contributed by atoms with E-state index < -0.39 is 17.7 Å². The van der Waals surface area contributed by atoms with Gasteiger partial charge in [0.2, 0.25) is 0 Å². The Kier molecular flexibility index (Phi) is 8.90. The summed E-state index contributed by atoms with van der Waals surface area (Å²) in [6, 6.07) is 27.4. The number of benzene rings is 4. The van der Waals surface area contributed by atoms with E-state index in [1.54, 1.807) is 42.5 Å². The lowest BCUT2D eigenvalue weighted by molar-refractivity contribution is -0.139. The summed E-state index contributed by atoms with van der Waals surface area (Å²) in [5.74, 6) is -0.844. The van der Waals surface area contributed by atoms with Gasteiger partial charge in [-0.05, 0) is 91.9 Å². The number of amides is 1. The highest BCUT2D eigenvalue weighted by Gasteiger charge is 2.46. The number of ketones is 1. The molecule has 1 aliphatic rings. The van der Waals surface area contributed by atoms with E-state index in [0.29, 0.717) is 35.7 Å². The number of hydrogen-bond donors (Lipinski definition) is 1. The van der Waals surface area contributed by atoms with E-state index in [-0.39, 0.29) is 29.8 Å². The highest BCUT2D eigenvalue weighted by molar-refractivity contribution is 6.46. The largest absolute Gasteiger partial charge is 0.507 e. The molecule has 1 N–H and O–H groups in total. The first-order valence-electron chi connectivity index (χ1n) is 14.3. The van der Waals surface area contributed by atoms with Gasteiger partial charge in [-0.15, -0.1) is 0 Å². The second-order valence-electron chi connectivity index (χ2n) is 10.9. The van der Waals surface area contributed by atoms with Gasteiger partial charge < -0.3 is 19.5 Å². The molecule has 0 aliphatic carbocycles. The van der Waals surface area contributed by atoms with E-state index in [1.807, 2.05) is 63.2 Å². The molecule has 1 unspecified atom stereocenters. The summed E-state index contributed by atoms with van der Waals surface area (Å²) in [6.45, 7) is 6.27. The molecule has 6 nitrogen and oxygen atoms in total. The Hall–Kier alpha value is -4.91. The van der Waals surface area contributed by atoms with Crippen LogP contribution >= 0.6 is 0 Å². The number of rotatable bonds is 10. The minimum Gasteiger partial charge on any atom is -0.507 e. The van der Waals surface area contributed by atoms with Crippen molar-refractivity contribution in [2.45, 2.75) is 45.9 Å². The molecule has 1 saturated heterocycles. The highest BCUT2D eigenvalue weighted by atomic mass is 19.1. The quantitative estimate of drug-likeness (QED) is 0.123. The molecule has 0 spiro atoms. The maximum absolute atomic E-state index is 13.5. The summed E-state index contributed by atoms with van der Waals surface area (Å²) < 4.78 is 25.3. The van der Waals surface area contributed by atoms with Crippen molar-refractivity contribution >= 4 is 17.4 Å². The van der Waals surface area contributed by atoms with Gasteiger partial charge in [0, 0.05) is 12.1 Å². The topological polar surface area (TPSA) is 76.1 Å². The maximum Gasteiger partial charge on any atom is 0.295 e. The number of nitrogens with zero attached hydrogens (tertiary/aromatic N) is 1. The molecule has 1 amide bonds. The van der Waals surface area contributed by atoms with Crippen LogP contribution in [0.25, 0.3) is 5.76 Å². The predicted octanol–water partition coefficient (Wildman–Crippen LogP) is 7.16. The molecular formula is C36H34FNO5. The molecule has 5 rings (SSSR count). The van der Waals surface area contributed by atoms with Crippen molar-refractivity contribution in [3.8, 4) is 11.5 Å². The molecule has 4 aromatic carbocycles. The average molecular weight is 580 g/mol. The lowest BCUT2D eigenvalue weighted by Gasteiger charge is -2.26. The van der Waals surface area contributed by atoms with Crippen LogP contribution in [-0.2, 0) is 22.6 Å². The van der Waals surface area contributed by atoms with Crippen molar-refractivity contribution in [2.75, 3.05) is 6.54 Å². The Morgan fingerprint density at radius 3 is 2.35 bits per heavy atom. The lowest BCUT2D eigenvalue weighted by Crippen LogP contribution is -2.31. The summed E-state index contributed by atoms with van der Waals surface area (Å²) in [7, 11) is 0. The summed E-state index contributed by atoms with van der Waals surface area (Å²) in [4.78, 5) is 28.4.